The second kappa shape index (κ2) is 13.6. The van der Waals surface area contributed by atoms with Crippen LogP contribution in [0.3, 0.4) is 0 Å². The molecule has 0 atom stereocenters. The summed E-state index contributed by atoms with van der Waals surface area (Å²) in [5, 5.41) is 6.68. The molecule has 0 aromatic heterocycles. The third-order valence-electron chi connectivity index (χ3n) is 5.05. The molecule has 0 saturated carbocycles. The summed E-state index contributed by atoms with van der Waals surface area (Å²) in [6.07, 6.45) is 3.99. The van der Waals surface area contributed by atoms with Crippen LogP contribution in [0, 0.1) is 5.92 Å². The second-order valence-electron chi connectivity index (χ2n) is 6.89. The van der Waals surface area contributed by atoms with Crippen LogP contribution in [0.5, 0.6) is 5.75 Å². The molecule has 0 unspecified atom stereocenters. The Hall–Kier alpha value is -1.55. The Labute approximate surface area is 185 Å². The number of hydrogen-bond acceptors (Lipinski definition) is 4. The maximum atomic E-state index is 11.2. The largest absolute Gasteiger partial charge is 0.496 e. The van der Waals surface area contributed by atoms with E-state index in [1.807, 2.05) is 24.3 Å². The lowest BCUT2D eigenvalue weighted by Crippen LogP contribution is -2.39. The van der Waals surface area contributed by atoms with Gasteiger partial charge in [0.25, 0.3) is 0 Å². The van der Waals surface area contributed by atoms with E-state index in [1.54, 1.807) is 14.2 Å². The maximum absolute atomic E-state index is 11.2. The quantitative estimate of drug-likeness (QED) is 0.208. The summed E-state index contributed by atoms with van der Waals surface area (Å²) < 4.78 is 5.37. The summed E-state index contributed by atoms with van der Waals surface area (Å²) in [4.78, 5) is 17.9. The number of amides is 1. The van der Waals surface area contributed by atoms with Crippen molar-refractivity contribution in [2.45, 2.75) is 32.2 Å². The summed E-state index contributed by atoms with van der Waals surface area (Å²) in [5.74, 6) is 1.59. The highest BCUT2D eigenvalue weighted by Gasteiger charge is 2.22. The Balaban J connectivity index is 0.00000392. The number of primary amides is 1. The van der Waals surface area contributed by atoms with Gasteiger partial charge >= 0.3 is 0 Å². The molecule has 28 heavy (non-hydrogen) atoms. The Kier molecular flexibility index (Phi) is 11.9. The molecule has 1 aliphatic heterocycles. The average Bonchev–Trinajstić information content (AvgIpc) is 2.70. The van der Waals surface area contributed by atoms with Gasteiger partial charge in [0.2, 0.25) is 5.91 Å². The lowest BCUT2D eigenvalue weighted by molar-refractivity contribution is -0.123. The van der Waals surface area contributed by atoms with Gasteiger partial charge < -0.3 is 26.0 Å². The van der Waals surface area contributed by atoms with Gasteiger partial charge in [-0.3, -0.25) is 9.79 Å². The number of unbranched alkanes of at least 4 members (excludes halogenated alkanes) is 1. The number of nitrogens with two attached hydrogens (primary N) is 1. The van der Waals surface area contributed by atoms with E-state index in [-0.39, 0.29) is 35.8 Å². The number of para-hydroxylation sites is 1. The highest BCUT2D eigenvalue weighted by Crippen LogP contribution is 2.17. The van der Waals surface area contributed by atoms with Crippen molar-refractivity contribution in [3.8, 4) is 5.75 Å². The molecule has 1 fully saturated rings. The van der Waals surface area contributed by atoms with Crippen molar-refractivity contribution in [1.29, 1.82) is 0 Å². The van der Waals surface area contributed by atoms with Crippen LogP contribution in [0.25, 0.3) is 0 Å². The third kappa shape index (κ3) is 8.22. The van der Waals surface area contributed by atoms with Gasteiger partial charge in [-0.05, 0) is 51.4 Å². The summed E-state index contributed by atoms with van der Waals surface area (Å²) >= 11 is 0. The van der Waals surface area contributed by atoms with Crippen LogP contribution >= 0.6 is 24.0 Å². The van der Waals surface area contributed by atoms with Gasteiger partial charge in [-0.25, -0.2) is 0 Å². The van der Waals surface area contributed by atoms with Crippen molar-refractivity contribution in [3.63, 3.8) is 0 Å². The van der Waals surface area contributed by atoms with Gasteiger partial charge in [-0.2, -0.15) is 0 Å². The number of likely N-dealkylation sites (tertiary alicyclic amines) is 1. The van der Waals surface area contributed by atoms with E-state index in [9.17, 15) is 4.79 Å². The van der Waals surface area contributed by atoms with Gasteiger partial charge in [0.15, 0.2) is 5.96 Å². The molecule has 1 aliphatic rings. The molecule has 1 aromatic rings. The van der Waals surface area contributed by atoms with E-state index < -0.39 is 0 Å². The van der Waals surface area contributed by atoms with Crippen LogP contribution < -0.4 is 21.1 Å². The van der Waals surface area contributed by atoms with Crippen molar-refractivity contribution >= 4 is 35.8 Å². The number of piperidine rings is 1. The van der Waals surface area contributed by atoms with Crippen LogP contribution in [0.15, 0.2) is 29.3 Å². The van der Waals surface area contributed by atoms with Crippen LogP contribution in [0.2, 0.25) is 0 Å². The average molecular weight is 503 g/mol. The molecule has 1 heterocycles. The number of rotatable bonds is 9. The van der Waals surface area contributed by atoms with Gasteiger partial charge in [0.1, 0.15) is 5.75 Å². The van der Waals surface area contributed by atoms with E-state index in [0.29, 0.717) is 6.54 Å². The van der Waals surface area contributed by atoms with Crippen molar-refractivity contribution in [3.05, 3.63) is 29.8 Å². The molecule has 0 spiro atoms. The summed E-state index contributed by atoms with van der Waals surface area (Å²) in [5.41, 5.74) is 6.48. The minimum Gasteiger partial charge on any atom is -0.496 e. The van der Waals surface area contributed by atoms with E-state index in [4.69, 9.17) is 10.5 Å². The first kappa shape index (κ1) is 24.5. The first-order valence-corrected chi connectivity index (χ1v) is 9.72. The Morgan fingerprint density at radius 3 is 2.61 bits per heavy atom. The number of nitrogens with one attached hydrogen (secondary N) is 2. The zero-order chi connectivity index (χ0) is 19.5. The van der Waals surface area contributed by atoms with Gasteiger partial charge in [0, 0.05) is 31.6 Å². The fourth-order valence-corrected chi connectivity index (χ4v) is 3.36. The lowest BCUT2D eigenvalue weighted by atomic mass is 9.96. The normalized spacial score (nSPS) is 15.6. The standard InChI is InChI=1S/C20H33N5O2.HI/c1-22-20(24-15-17-7-3-4-8-18(17)27-2)23-11-5-6-12-25-13-9-16(10-14-25)19(21)26;/h3-4,7-8,16H,5-6,9-15H2,1-2H3,(H2,21,26)(H2,22,23,24);1H. The maximum Gasteiger partial charge on any atom is 0.220 e. The molecule has 4 N–H and O–H groups in total. The number of nitrogens with zero attached hydrogens (tertiary/aromatic N) is 2. The van der Waals surface area contributed by atoms with Crippen molar-refractivity contribution in [2.24, 2.45) is 16.6 Å². The van der Waals surface area contributed by atoms with Crippen LogP contribution in [0.1, 0.15) is 31.2 Å². The monoisotopic (exact) mass is 503 g/mol. The Morgan fingerprint density at radius 2 is 1.96 bits per heavy atom. The van der Waals surface area contributed by atoms with E-state index >= 15 is 0 Å². The molecule has 0 radical (unpaired) electrons. The Morgan fingerprint density at radius 1 is 1.25 bits per heavy atom. The molecular formula is C20H34IN5O2. The first-order chi connectivity index (χ1) is 13.1. The molecule has 0 aliphatic carbocycles. The number of aliphatic imine (C=N–C) groups is 1. The van der Waals surface area contributed by atoms with Crippen molar-refractivity contribution in [2.75, 3.05) is 40.3 Å². The number of carbonyl (C=O) groups is 1. The highest BCUT2D eigenvalue weighted by atomic mass is 127. The van der Waals surface area contributed by atoms with Gasteiger partial charge in [0.05, 0.1) is 7.11 Å². The van der Waals surface area contributed by atoms with E-state index in [0.717, 1.165) is 69.1 Å². The number of hydrogen-bond donors (Lipinski definition) is 3. The minimum atomic E-state index is -0.147. The molecule has 0 bridgehead atoms. The smallest absolute Gasteiger partial charge is 0.220 e. The molecule has 158 valence electrons. The minimum absolute atomic E-state index is 0. The molecule has 8 heteroatoms. The molecule has 1 amide bonds. The zero-order valence-corrected chi connectivity index (χ0v) is 19.3. The summed E-state index contributed by atoms with van der Waals surface area (Å²) in [7, 11) is 3.46. The number of carbonyl (C=O) groups excluding carboxylic acids is 1. The highest BCUT2D eigenvalue weighted by molar-refractivity contribution is 14.0. The summed E-state index contributed by atoms with van der Waals surface area (Å²) in [6, 6.07) is 7.97. The molecule has 7 nitrogen and oxygen atoms in total. The fraction of sp³-hybridized carbons (Fsp3) is 0.600. The SMILES string of the molecule is CN=C(NCCCCN1CCC(C(N)=O)CC1)NCc1ccccc1OC.I. The van der Waals surface area contributed by atoms with E-state index in [1.165, 1.54) is 0 Å². The van der Waals surface area contributed by atoms with Crippen molar-refractivity contribution < 1.29 is 9.53 Å². The topological polar surface area (TPSA) is 92.0 Å². The van der Waals surface area contributed by atoms with Crippen molar-refractivity contribution in [1.82, 2.24) is 15.5 Å². The van der Waals surface area contributed by atoms with Crippen LogP contribution in [-0.4, -0.2) is 57.1 Å². The third-order valence-corrected chi connectivity index (χ3v) is 5.05. The zero-order valence-electron chi connectivity index (χ0n) is 16.9. The predicted molar refractivity (Wildman–Crippen MR) is 124 cm³/mol. The van der Waals surface area contributed by atoms with Gasteiger partial charge in [-0.15, -0.1) is 24.0 Å². The number of halogens is 1. The predicted octanol–water partition coefficient (Wildman–Crippen LogP) is 1.96. The number of methoxy groups -OCH3 is 1. The van der Waals surface area contributed by atoms with E-state index in [2.05, 4.69) is 20.5 Å². The van der Waals surface area contributed by atoms with Crippen LogP contribution in [0.4, 0.5) is 0 Å². The number of benzene rings is 1. The fourth-order valence-electron chi connectivity index (χ4n) is 3.36. The second-order valence-corrected chi connectivity index (χ2v) is 6.89. The van der Waals surface area contributed by atoms with Gasteiger partial charge in [-0.1, -0.05) is 18.2 Å². The van der Waals surface area contributed by atoms with Crippen LogP contribution in [-0.2, 0) is 11.3 Å². The lowest BCUT2D eigenvalue weighted by Gasteiger charge is -2.30. The molecule has 1 saturated heterocycles. The first-order valence-electron chi connectivity index (χ1n) is 9.72. The molecule has 2 rings (SSSR count). The number of guanidine groups is 1. The molecule has 1 aromatic carbocycles. The number of ether oxygens (including phenoxy) is 1. The Bertz CT molecular complexity index is 618. The summed E-state index contributed by atoms with van der Waals surface area (Å²) in [6.45, 7) is 4.56. The molecular weight excluding hydrogens is 469 g/mol.